The first-order valence-electron chi connectivity index (χ1n) is 9.19. The van der Waals surface area contributed by atoms with Crippen LogP contribution in [0.2, 0.25) is 0 Å². The number of carbonyl (C=O) groups is 1. The molecular weight excluding hydrogens is 310 g/mol. The molecule has 2 heterocycles. The number of aromatic nitrogens is 1. The molecule has 2 aromatic rings. The van der Waals surface area contributed by atoms with Gasteiger partial charge in [0.1, 0.15) is 0 Å². The monoisotopic (exact) mass is 337 g/mol. The van der Waals surface area contributed by atoms with Gasteiger partial charge in [0, 0.05) is 18.8 Å². The molecule has 4 heteroatoms. The molecule has 0 radical (unpaired) electrons. The molecular formula is C21H27N3O. The molecule has 2 N–H and O–H groups in total. The minimum Gasteiger partial charge on any atom is -0.345 e. The summed E-state index contributed by atoms with van der Waals surface area (Å²) in [6.07, 6.45) is 6.54. The SMILES string of the molecule is CC(CC(=O)NC(c1ccccc1)c1ccncc1)C1CCCNC1. The van der Waals surface area contributed by atoms with E-state index in [0.29, 0.717) is 18.3 Å². The molecule has 0 saturated carbocycles. The van der Waals surface area contributed by atoms with Crippen LogP contribution in [0, 0.1) is 11.8 Å². The first-order valence-corrected chi connectivity index (χ1v) is 9.19. The van der Waals surface area contributed by atoms with E-state index in [1.54, 1.807) is 12.4 Å². The van der Waals surface area contributed by atoms with Crippen LogP contribution < -0.4 is 10.6 Å². The van der Waals surface area contributed by atoms with Gasteiger partial charge in [0.15, 0.2) is 0 Å². The van der Waals surface area contributed by atoms with Gasteiger partial charge in [-0.1, -0.05) is 37.3 Å². The lowest BCUT2D eigenvalue weighted by Crippen LogP contribution is -2.36. The van der Waals surface area contributed by atoms with Crippen molar-refractivity contribution < 1.29 is 4.79 Å². The molecule has 3 rings (SSSR count). The van der Waals surface area contributed by atoms with Crippen LogP contribution in [-0.2, 0) is 4.79 Å². The van der Waals surface area contributed by atoms with Gasteiger partial charge < -0.3 is 10.6 Å². The molecule has 1 saturated heterocycles. The van der Waals surface area contributed by atoms with Gasteiger partial charge in [-0.05, 0) is 61.0 Å². The van der Waals surface area contributed by atoms with E-state index in [1.807, 2.05) is 30.3 Å². The Labute approximate surface area is 150 Å². The van der Waals surface area contributed by atoms with Crippen molar-refractivity contribution in [2.24, 2.45) is 11.8 Å². The average Bonchev–Trinajstić information content (AvgIpc) is 2.68. The molecule has 1 aliphatic heterocycles. The number of pyridine rings is 1. The second-order valence-electron chi connectivity index (χ2n) is 6.98. The summed E-state index contributed by atoms with van der Waals surface area (Å²) in [7, 11) is 0. The minimum atomic E-state index is -0.131. The van der Waals surface area contributed by atoms with Crippen LogP contribution in [-0.4, -0.2) is 24.0 Å². The molecule has 1 fully saturated rings. The molecule has 1 aliphatic rings. The normalized spacial score (nSPS) is 19.8. The first kappa shape index (κ1) is 17.6. The summed E-state index contributed by atoms with van der Waals surface area (Å²) in [5.41, 5.74) is 2.15. The molecule has 25 heavy (non-hydrogen) atoms. The Morgan fingerprint density at radius 1 is 1.20 bits per heavy atom. The highest BCUT2D eigenvalue weighted by Crippen LogP contribution is 2.25. The highest BCUT2D eigenvalue weighted by molar-refractivity contribution is 5.77. The van der Waals surface area contributed by atoms with Crippen molar-refractivity contribution in [2.75, 3.05) is 13.1 Å². The third-order valence-electron chi connectivity index (χ3n) is 5.12. The highest BCUT2D eigenvalue weighted by atomic mass is 16.1. The predicted octanol–water partition coefficient (Wildman–Crippen LogP) is 3.31. The van der Waals surface area contributed by atoms with Crippen LogP contribution in [0.1, 0.15) is 43.4 Å². The van der Waals surface area contributed by atoms with Gasteiger partial charge in [0.05, 0.1) is 6.04 Å². The minimum absolute atomic E-state index is 0.115. The van der Waals surface area contributed by atoms with E-state index in [9.17, 15) is 4.79 Å². The number of piperidine rings is 1. The van der Waals surface area contributed by atoms with Crippen molar-refractivity contribution in [3.8, 4) is 0 Å². The fraction of sp³-hybridized carbons (Fsp3) is 0.429. The topological polar surface area (TPSA) is 54.0 Å². The molecule has 0 bridgehead atoms. The molecule has 3 atom stereocenters. The number of hydrogen-bond donors (Lipinski definition) is 2. The maximum absolute atomic E-state index is 12.7. The number of nitrogens with zero attached hydrogens (tertiary/aromatic N) is 1. The summed E-state index contributed by atoms with van der Waals surface area (Å²) < 4.78 is 0. The van der Waals surface area contributed by atoms with Crippen LogP contribution in [0.4, 0.5) is 0 Å². The van der Waals surface area contributed by atoms with E-state index in [-0.39, 0.29) is 11.9 Å². The first-order chi connectivity index (χ1) is 12.2. The standard InChI is InChI=1S/C21H27N3O/c1-16(19-8-5-11-23-15-19)14-20(25)24-21(17-6-3-2-4-7-17)18-9-12-22-13-10-18/h2-4,6-7,9-10,12-13,16,19,21,23H,5,8,11,14-15H2,1H3,(H,24,25). The summed E-state index contributed by atoms with van der Waals surface area (Å²) in [6, 6.07) is 13.9. The van der Waals surface area contributed by atoms with Crippen LogP contribution in [0.5, 0.6) is 0 Å². The number of amides is 1. The zero-order chi connectivity index (χ0) is 17.5. The second-order valence-corrected chi connectivity index (χ2v) is 6.98. The van der Waals surface area contributed by atoms with E-state index in [1.165, 1.54) is 12.8 Å². The molecule has 1 aromatic carbocycles. The maximum Gasteiger partial charge on any atom is 0.221 e. The van der Waals surface area contributed by atoms with E-state index >= 15 is 0 Å². The molecule has 0 aliphatic carbocycles. The second kappa shape index (κ2) is 8.77. The van der Waals surface area contributed by atoms with Crippen molar-refractivity contribution in [1.29, 1.82) is 0 Å². The van der Waals surface area contributed by atoms with Gasteiger partial charge in [-0.2, -0.15) is 0 Å². The number of hydrogen-bond acceptors (Lipinski definition) is 3. The van der Waals surface area contributed by atoms with E-state index in [0.717, 1.165) is 24.2 Å². The van der Waals surface area contributed by atoms with E-state index in [2.05, 4.69) is 34.7 Å². The molecule has 1 amide bonds. The Kier molecular flexibility index (Phi) is 6.18. The number of benzene rings is 1. The lowest BCUT2D eigenvalue weighted by Gasteiger charge is -2.28. The quantitative estimate of drug-likeness (QED) is 0.850. The van der Waals surface area contributed by atoms with Crippen LogP contribution in [0.3, 0.4) is 0 Å². The number of carbonyl (C=O) groups excluding carboxylic acids is 1. The van der Waals surface area contributed by atoms with Gasteiger partial charge in [0.25, 0.3) is 0 Å². The van der Waals surface area contributed by atoms with Crippen molar-refractivity contribution >= 4 is 5.91 Å². The van der Waals surface area contributed by atoms with Crippen molar-refractivity contribution in [3.05, 3.63) is 66.0 Å². The van der Waals surface area contributed by atoms with Crippen molar-refractivity contribution in [2.45, 2.75) is 32.2 Å². The number of rotatable bonds is 6. The Morgan fingerprint density at radius 3 is 2.60 bits per heavy atom. The number of nitrogens with one attached hydrogen (secondary N) is 2. The zero-order valence-corrected chi connectivity index (χ0v) is 14.8. The average molecular weight is 337 g/mol. The summed E-state index contributed by atoms with van der Waals surface area (Å²) in [5, 5.41) is 6.68. The third-order valence-corrected chi connectivity index (χ3v) is 5.12. The zero-order valence-electron chi connectivity index (χ0n) is 14.8. The molecule has 3 unspecified atom stereocenters. The fourth-order valence-corrected chi connectivity index (χ4v) is 3.60. The van der Waals surface area contributed by atoms with E-state index < -0.39 is 0 Å². The van der Waals surface area contributed by atoms with Crippen LogP contribution in [0.15, 0.2) is 54.9 Å². The molecule has 1 aromatic heterocycles. The van der Waals surface area contributed by atoms with Gasteiger partial charge >= 0.3 is 0 Å². The van der Waals surface area contributed by atoms with Gasteiger partial charge in [-0.3, -0.25) is 9.78 Å². The summed E-state index contributed by atoms with van der Waals surface area (Å²) in [5.74, 6) is 1.10. The van der Waals surface area contributed by atoms with Gasteiger partial charge in [-0.15, -0.1) is 0 Å². The van der Waals surface area contributed by atoms with Crippen molar-refractivity contribution in [1.82, 2.24) is 15.6 Å². The smallest absolute Gasteiger partial charge is 0.221 e. The Hall–Kier alpha value is -2.20. The summed E-state index contributed by atoms with van der Waals surface area (Å²) >= 11 is 0. The van der Waals surface area contributed by atoms with E-state index in [4.69, 9.17) is 0 Å². The molecule has 4 nitrogen and oxygen atoms in total. The van der Waals surface area contributed by atoms with Gasteiger partial charge in [0.2, 0.25) is 5.91 Å². The maximum atomic E-state index is 12.7. The largest absolute Gasteiger partial charge is 0.345 e. The lowest BCUT2D eigenvalue weighted by molar-refractivity contribution is -0.122. The Bertz CT molecular complexity index is 614. The van der Waals surface area contributed by atoms with Gasteiger partial charge in [-0.25, -0.2) is 0 Å². The summed E-state index contributed by atoms with van der Waals surface area (Å²) in [6.45, 7) is 4.33. The highest BCUT2D eigenvalue weighted by Gasteiger charge is 2.24. The molecule has 0 spiro atoms. The predicted molar refractivity (Wildman–Crippen MR) is 100 cm³/mol. The Morgan fingerprint density at radius 2 is 1.92 bits per heavy atom. The Balaban J connectivity index is 1.68. The van der Waals surface area contributed by atoms with Crippen LogP contribution in [0.25, 0.3) is 0 Å². The van der Waals surface area contributed by atoms with Crippen LogP contribution >= 0.6 is 0 Å². The third kappa shape index (κ3) is 4.89. The lowest BCUT2D eigenvalue weighted by atomic mass is 9.85. The van der Waals surface area contributed by atoms with Crippen molar-refractivity contribution in [3.63, 3.8) is 0 Å². The fourth-order valence-electron chi connectivity index (χ4n) is 3.60. The molecule has 132 valence electrons. The summed E-state index contributed by atoms with van der Waals surface area (Å²) in [4.78, 5) is 16.8.